The van der Waals surface area contributed by atoms with Gasteiger partial charge in [0.05, 0.1) is 59.5 Å². The van der Waals surface area contributed by atoms with Crippen molar-refractivity contribution in [3.05, 3.63) is 177 Å². The molecule has 68 heavy (non-hydrogen) atoms. The number of nitrogens with zero attached hydrogens (tertiary/aromatic N) is 3. The summed E-state index contributed by atoms with van der Waals surface area (Å²) < 4.78 is 83.1. The molecule has 10 rings (SSSR count). The molecule has 2 aliphatic heterocycles. The number of aromatic amines is 2. The Labute approximate surface area is 389 Å². The molecule has 15 heteroatoms. The predicted molar refractivity (Wildman–Crippen MR) is 257 cm³/mol. The van der Waals surface area contributed by atoms with Crippen LogP contribution in [0.25, 0.3) is 90.9 Å². The van der Waals surface area contributed by atoms with E-state index in [1.807, 2.05) is 72.8 Å². The average molecular weight is 930 g/mol. The number of nitro groups is 1. The molecule has 0 saturated heterocycles. The lowest BCUT2D eigenvalue weighted by Gasteiger charge is -2.13. The Kier molecular flexibility index (Phi) is 11.3. The summed E-state index contributed by atoms with van der Waals surface area (Å²) in [5, 5.41) is 11.2. The van der Waals surface area contributed by atoms with Gasteiger partial charge in [-0.2, -0.15) is 0 Å². The highest BCUT2D eigenvalue weighted by Crippen LogP contribution is 2.44. The largest absolute Gasteiger partial charge is 0.497 e. The van der Waals surface area contributed by atoms with Gasteiger partial charge >= 0.3 is 0 Å². The molecule has 0 amide bonds. The number of hydrogen-bond donors (Lipinski definition) is 2. The van der Waals surface area contributed by atoms with Crippen molar-refractivity contribution >= 4 is 63.8 Å². The highest BCUT2D eigenvalue weighted by molar-refractivity contribution is 7.99. The SMILES string of the molecule is COc1ccc(-c2c3nc(c(-c4ccc(OC)cc4)c4ccc([nH]4)c(-c4c(F)c(F)c(Sc5ccc([N+](=O)[O-])cc5)c(F)c4F)c4nc(c(-c5ccc(OC)cc5)c5ccc2[nH]5)C=C4)C=C3)cc1. The Bertz CT molecular complexity index is 3480. The fourth-order valence-corrected chi connectivity index (χ4v) is 9.19. The van der Waals surface area contributed by atoms with Gasteiger partial charge < -0.3 is 24.2 Å². The second kappa shape index (κ2) is 17.8. The monoisotopic (exact) mass is 929 g/mol. The Morgan fingerprint density at radius 2 is 0.794 bits per heavy atom. The van der Waals surface area contributed by atoms with Crippen LogP contribution in [0.1, 0.15) is 22.8 Å². The van der Waals surface area contributed by atoms with Gasteiger partial charge in [0.2, 0.25) is 0 Å². The lowest BCUT2D eigenvalue weighted by Crippen LogP contribution is -2.04. The van der Waals surface area contributed by atoms with E-state index >= 15 is 17.6 Å². The maximum absolute atomic E-state index is 16.9. The van der Waals surface area contributed by atoms with Crippen molar-refractivity contribution in [1.82, 2.24) is 19.9 Å². The van der Waals surface area contributed by atoms with Crippen LogP contribution in [0.4, 0.5) is 23.2 Å². The number of rotatable bonds is 10. The van der Waals surface area contributed by atoms with Crippen LogP contribution in [0.2, 0.25) is 0 Å². The maximum atomic E-state index is 16.9. The number of nitrogens with one attached hydrogen (secondary N) is 2. The Morgan fingerprint density at radius 1 is 0.456 bits per heavy atom. The highest BCUT2D eigenvalue weighted by atomic mass is 32.2. The van der Waals surface area contributed by atoms with E-state index in [0.29, 0.717) is 84.9 Å². The van der Waals surface area contributed by atoms with E-state index in [0.717, 1.165) is 23.3 Å². The summed E-state index contributed by atoms with van der Waals surface area (Å²) in [6.07, 6.45) is 6.99. The zero-order chi connectivity index (χ0) is 47.2. The predicted octanol–water partition coefficient (Wildman–Crippen LogP) is 14.0. The van der Waals surface area contributed by atoms with E-state index < -0.39 is 38.7 Å². The minimum atomic E-state index is -1.67. The fraction of sp³-hybridized carbons (Fsp3) is 0.0566. The van der Waals surface area contributed by atoms with Gasteiger partial charge in [0.1, 0.15) is 17.2 Å². The van der Waals surface area contributed by atoms with Crippen molar-refractivity contribution in [2.45, 2.75) is 9.79 Å². The molecule has 0 aliphatic carbocycles. The van der Waals surface area contributed by atoms with Gasteiger partial charge in [-0.15, -0.1) is 0 Å². The van der Waals surface area contributed by atoms with Gasteiger partial charge in [0.15, 0.2) is 23.3 Å². The number of halogens is 4. The van der Waals surface area contributed by atoms with Gasteiger partial charge in [-0.1, -0.05) is 48.2 Å². The number of nitro benzene ring substituents is 1. The number of non-ortho nitro benzene ring substituents is 1. The molecule has 0 spiro atoms. The molecule has 2 aliphatic rings. The van der Waals surface area contributed by atoms with Gasteiger partial charge in [-0.25, -0.2) is 27.5 Å². The van der Waals surface area contributed by atoms with Crippen LogP contribution in [0, 0.1) is 33.4 Å². The molecule has 0 saturated carbocycles. The first-order chi connectivity index (χ1) is 33.0. The fourth-order valence-electron chi connectivity index (χ4n) is 8.33. The van der Waals surface area contributed by atoms with Crippen LogP contribution < -0.4 is 14.2 Å². The molecule has 0 atom stereocenters. The first kappa shape index (κ1) is 43.5. The zero-order valence-electron chi connectivity index (χ0n) is 36.2. The number of methoxy groups -OCH3 is 3. The van der Waals surface area contributed by atoms with Crippen LogP contribution in [-0.2, 0) is 0 Å². The topological polar surface area (TPSA) is 128 Å². The molecule has 0 unspecified atom stereocenters. The quantitative estimate of drug-likeness (QED) is 0.0600. The second-order valence-electron chi connectivity index (χ2n) is 15.5. The smallest absolute Gasteiger partial charge is 0.269 e. The summed E-state index contributed by atoms with van der Waals surface area (Å²) >= 11 is 0.393. The summed E-state index contributed by atoms with van der Waals surface area (Å²) in [6.45, 7) is 0. The van der Waals surface area contributed by atoms with Gasteiger partial charge in [-0.05, 0) is 114 Å². The molecule has 10 nitrogen and oxygen atoms in total. The van der Waals surface area contributed by atoms with Crippen LogP contribution in [0.5, 0.6) is 17.2 Å². The number of H-pyrrole nitrogens is 2. The molecule has 5 heterocycles. The number of ether oxygens (including phenoxy) is 3. The number of hydrogen-bond acceptors (Lipinski definition) is 8. The second-order valence-corrected chi connectivity index (χ2v) is 16.6. The molecule has 3 aromatic heterocycles. The van der Waals surface area contributed by atoms with Crippen molar-refractivity contribution in [1.29, 1.82) is 0 Å². The van der Waals surface area contributed by atoms with E-state index in [4.69, 9.17) is 24.2 Å². The van der Waals surface area contributed by atoms with Crippen LogP contribution in [0.15, 0.2) is 131 Å². The third-order valence-electron chi connectivity index (χ3n) is 11.6. The third-order valence-corrected chi connectivity index (χ3v) is 12.7. The van der Waals surface area contributed by atoms with E-state index in [-0.39, 0.29) is 27.4 Å². The maximum Gasteiger partial charge on any atom is 0.269 e. The van der Waals surface area contributed by atoms with E-state index in [1.54, 1.807) is 69.9 Å². The summed E-state index contributed by atoms with van der Waals surface area (Å²) in [5.41, 5.74) is 6.07. The van der Waals surface area contributed by atoms with E-state index in [1.165, 1.54) is 12.1 Å². The van der Waals surface area contributed by atoms with Crippen LogP contribution >= 0.6 is 11.8 Å². The Balaban J connectivity index is 1.32. The lowest BCUT2D eigenvalue weighted by atomic mass is 10.0. The zero-order valence-corrected chi connectivity index (χ0v) is 37.0. The van der Waals surface area contributed by atoms with Gasteiger partial charge in [0, 0.05) is 61.3 Å². The number of aromatic nitrogens is 4. The highest BCUT2D eigenvalue weighted by Gasteiger charge is 2.30. The molecule has 8 bridgehead atoms. The summed E-state index contributed by atoms with van der Waals surface area (Å²) in [5.74, 6) is -4.78. The molecule has 0 radical (unpaired) electrons. The minimum absolute atomic E-state index is 0.00383. The standard InChI is InChI=1S/C53H35F4N5O5S/c1-65-32-12-4-28(5-13-32)44-36-20-22-38(58-36)45(29-6-14-33(66-2)15-7-29)40-24-26-42(60-40)47(48-49(54)51(56)53(52(57)50(48)55)68-35-18-10-31(11-19-35)62(63)64)43-27-25-41(61-43)46(39-23-21-37(44)59-39)30-8-16-34(67-3)17-9-30/h4-27,58,61H,1-3H3. The molecule has 8 aromatic rings. The normalized spacial score (nSPS) is 11.8. The average Bonchev–Trinajstić information content (AvgIpc) is 4.23. The van der Waals surface area contributed by atoms with Crippen molar-refractivity contribution in [3.63, 3.8) is 0 Å². The molecule has 2 N–H and O–H groups in total. The first-order valence-corrected chi connectivity index (χ1v) is 21.7. The molecular formula is C53H35F4N5O5S. The van der Waals surface area contributed by atoms with Crippen molar-refractivity contribution < 1.29 is 36.7 Å². The summed E-state index contributed by atoms with van der Waals surface area (Å²) in [4.78, 5) is 26.9. The van der Waals surface area contributed by atoms with Crippen molar-refractivity contribution in [2.24, 2.45) is 0 Å². The number of fused-ring (bicyclic) bond motifs is 8. The summed E-state index contributed by atoms with van der Waals surface area (Å²) in [6, 6.07) is 34.1. The molecule has 0 fully saturated rings. The van der Waals surface area contributed by atoms with Gasteiger partial charge in [0.25, 0.3) is 5.69 Å². The molecule has 5 aromatic carbocycles. The van der Waals surface area contributed by atoms with Crippen LogP contribution in [-0.4, -0.2) is 46.2 Å². The van der Waals surface area contributed by atoms with E-state index in [9.17, 15) is 10.1 Å². The van der Waals surface area contributed by atoms with Crippen molar-refractivity contribution in [2.75, 3.05) is 21.3 Å². The molecule has 336 valence electrons. The van der Waals surface area contributed by atoms with Gasteiger partial charge in [-0.3, -0.25) is 10.1 Å². The minimum Gasteiger partial charge on any atom is -0.497 e. The number of benzene rings is 5. The van der Waals surface area contributed by atoms with Crippen LogP contribution in [0.3, 0.4) is 0 Å². The Hall–Kier alpha value is -8.43. The third kappa shape index (κ3) is 7.81. The Morgan fingerprint density at radius 3 is 1.13 bits per heavy atom. The van der Waals surface area contributed by atoms with Crippen molar-refractivity contribution in [3.8, 4) is 61.8 Å². The molecular weight excluding hydrogens is 895 g/mol. The first-order valence-electron chi connectivity index (χ1n) is 20.9. The lowest BCUT2D eigenvalue weighted by molar-refractivity contribution is -0.384. The summed E-state index contributed by atoms with van der Waals surface area (Å²) in [7, 11) is 4.72. The van der Waals surface area contributed by atoms with E-state index in [2.05, 4.69) is 9.97 Å².